The zero-order valence-corrected chi connectivity index (χ0v) is 54.6. The number of anilines is 2. The van der Waals surface area contributed by atoms with E-state index in [4.69, 9.17) is 18.9 Å². The Morgan fingerprint density at radius 2 is 0.735 bits per heavy atom. The van der Waals surface area contributed by atoms with E-state index in [1.165, 1.54) is 101 Å². The number of phenolic OH excluding ortho intramolecular Hbond substituents is 2. The summed E-state index contributed by atoms with van der Waals surface area (Å²) in [7, 11) is -5.10. The van der Waals surface area contributed by atoms with E-state index in [0.717, 1.165) is 36.4 Å². The van der Waals surface area contributed by atoms with Crippen molar-refractivity contribution in [1.82, 2.24) is 0 Å². The molecule has 0 bridgehead atoms. The van der Waals surface area contributed by atoms with Crippen LogP contribution in [0.3, 0.4) is 0 Å². The number of hydrogen-bond donors (Lipinski definition) is 9. The van der Waals surface area contributed by atoms with Gasteiger partial charge in [0, 0.05) is 165 Å². The Morgan fingerprint density at radius 3 is 1.02 bits per heavy atom. The van der Waals surface area contributed by atoms with Crippen molar-refractivity contribution in [2.24, 2.45) is 40.9 Å². The predicted molar refractivity (Wildman–Crippen MR) is 303 cm³/mol. The Balaban J connectivity index is 0.00000370. The van der Waals surface area contributed by atoms with E-state index in [9.17, 15) is 66.2 Å². The molecule has 408 valence electrons. The molecule has 8 aromatic rings. The molecule has 33 heteroatoms. The van der Waals surface area contributed by atoms with Crippen molar-refractivity contribution in [2.75, 3.05) is 33.8 Å². The fraction of sp³-hybridized carbons (Fsp3) is 0.0800. The molecule has 27 nitrogen and oxygen atoms in total. The summed E-state index contributed by atoms with van der Waals surface area (Å²) in [5.74, 6) is -5.07. The summed E-state index contributed by atoms with van der Waals surface area (Å²) in [5.41, 5.74) is -1.44. The largest absolute Gasteiger partial charge is 0.507 e. The van der Waals surface area contributed by atoms with Gasteiger partial charge in [0.2, 0.25) is 0 Å². The minimum Gasteiger partial charge on any atom is -0.507 e. The number of carboxylic acid groups (broad SMARTS) is 2. The van der Waals surface area contributed by atoms with Crippen LogP contribution in [0.2, 0.25) is 0 Å². The number of carbonyl (C=O) groups is 2. The van der Waals surface area contributed by atoms with Crippen molar-refractivity contribution in [1.29, 1.82) is 0 Å². The van der Waals surface area contributed by atoms with E-state index in [0.29, 0.717) is 0 Å². The molecule has 0 atom stereocenters. The summed E-state index contributed by atoms with van der Waals surface area (Å²) in [6, 6.07) is 23.0. The van der Waals surface area contributed by atoms with E-state index in [2.05, 4.69) is 46.2 Å². The van der Waals surface area contributed by atoms with Gasteiger partial charge in [-0.2, -0.15) is 27.1 Å². The second-order valence-corrected chi connectivity index (χ2v) is 19.1. The van der Waals surface area contributed by atoms with Gasteiger partial charge in [-0.25, -0.2) is 9.59 Å². The molecule has 0 spiro atoms. The van der Waals surface area contributed by atoms with Gasteiger partial charge in [0.15, 0.2) is 11.5 Å². The first-order chi connectivity index (χ1) is 37.5. The zero-order chi connectivity index (χ0) is 57.1. The minimum absolute atomic E-state index is 0. The standard InChI is InChI=1S/C50H39N9O18S2.4Na/c1-74-39-21-35(41(76-3)19-33(39)54-52-27-7-11-37(60)31(17-27)49(64)65)56-58-45-43(78(68,69)70)15-23-13-25(5-9-29(23)47(45)62)51-26-6-10-30-24(14-26)16-44(79(71,72)73)46(48(30)63)59-57-36-22-40(75-2)34(20-42(36)77-4)55-53-28-8-12-38(61)32(18-28)50(66)67;;;;/h5-22,51,60-63H,1-4H3,(H,64,65)(H,66,67)(H,68,69,70)(H,71,72,73);;;;. The summed E-state index contributed by atoms with van der Waals surface area (Å²) >= 11 is 0. The van der Waals surface area contributed by atoms with Crippen LogP contribution in [0.15, 0.2) is 160 Å². The van der Waals surface area contributed by atoms with Crippen molar-refractivity contribution >= 4 is 229 Å². The quantitative estimate of drug-likeness (QED) is 0.0219. The number of rotatable bonds is 18. The van der Waals surface area contributed by atoms with Gasteiger partial charge in [-0.1, -0.05) is 0 Å². The third-order valence-electron chi connectivity index (χ3n) is 11.4. The van der Waals surface area contributed by atoms with Crippen LogP contribution < -0.4 is 24.3 Å². The number of nitrogens with one attached hydrogen (secondary N) is 1. The zero-order valence-electron chi connectivity index (χ0n) is 44.9. The number of azo groups is 4. The number of carboxylic acids is 2. The van der Waals surface area contributed by atoms with Crippen LogP contribution in [0.25, 0.3) is 21.5 Å². The van der Waals surface area contributed by atoms with Gasteiger partial charge in [0.25, 0.3) is 20.2 Å². The maximum atomic E-state index is 12.8. The molecule has 0 unspecified atom stereocenters. The van der Waals surface area contributed by atoms with E-state index < -0.39 is 87.5 Å². The number of phenols is 4. The van der Waals surface area contributed by atoms with Gasteiger partial charge in [-0.3, -0.25) is 9.11 Å². The third-order valence-corrected chi connectivity index (χ3v) is 13.1. The molecule has 0 aliphatic heterocycles. The molecule has 4 radical (unpaired) electrons. The Kier molecular flexibility index (Phi) is 24.1. The average Bonchev–Trinajstić information content (AvgIpc) is 3.59. The van der Waals surface area contributed by atoms with Gasteiger partial charge < -0.3 is 54.9 Å². The van der Waals surface area contributed by atoms with Crippen molar-refractivity contribution in [3.63, 3.8) is 0 Å². The molecule has 8 rings (SSSR count). The van der Waals surface area contributed by atoms with Crippen molar-refractivity contribution in [2.45, 2.75) is 9.79 Å². The van der Waals surface area contributed by atoms with Crippen LogP contribution >= 0.6 is 0 Å². The van der Waals surface area contributed by atoms with Crippen LogP contribution in [0.4, 0.5) is 56.9 Å². The van der Waals surface area contributed by atoms with Crippen molar-refractivity contribution < 1.29 is 85.1 Å². The van der Waals surface area contributed by atoms with Crippen LogP contribution in [0, 0.1) is 0 Å². The SMILES string of the molecule is COc1cc(N=Nc2c(S(=O)(=O)O)cc3cc(Nc4ccc5c(O)c(N=Nc6cc(OC)c(N=Nc7ccc(O)c(C(=O)O)c7)cc6OC)c(S(=O)(=O)O)cc5c4)ccc3c2O)c(OC)cc1N=Nc1ccc(O)c(C(=O)O)c1.[Na].[Na].[Na].[Na]. The molecule has 0 fully saturated rings. The first-order valence-corrected chi connectivity index (χ1v) is 25.0. The summed E-state index contributed by atoms with van der Waals surface area (Å²) in [6.07, 6.45) is 0. The number of hydrogen-bond acceptors (Lipinski definition) is 23. The van der Waals surface area contributed by atoms with Crippen molar-refractivity contribution in [3.05, 3.63) is 120 Å². The fourth-order valence-corrected chi connectivity index (χ4v) is 8.92. The number of benzene rings is 8. The van der Waals surface area contributed by atoms with Gasteiger partial charge in [-0.05, 0) is 95.7 Å². The Labute approximate surface area is 558 Å². The van der Waals surface area contributed by atoms with E-state index in [-0.39, 0.29) is 208 Å². The number of fused-ring (bicyclic) bond motifs is 2. The Bertz CT molecular complexity index is 3950. The maximum Gasteiger partial charge on any atom is 0.339 e. The summed E-state index contributed by atoms with van der Waals surface area (Å²) < 4.78 is 93.6. The van der Waals surface area contributed by atoms with Crippen molar-refractivity contribution in [3.8, 4) is 46.0 Å². The summed E-state index contributed by atoms with van der Waals surface area (Å²) in [6.45, 7) is 0. The number of ether oxygens (including phenoxy) is 4. The number of methoxy groups -OCH3 is 4. The molecule has 0 saturated heterocycles. The van der Waals surface area contributed by atoms with Crippen LogP contribution in [-0.4, -0.2) is 215 Å². The van der Waals surface area contributed by atoms with Gasteiger partial charge in [0.05, 0.1) is 39.8 Å². The maximum absolute atomic E-state index is 12.8. The molecule has 0 aliphatic carbocycles. The molecule has 9 N–H and O–H groups in total. The molecular weight excluding hydrogens is 1170 g/mol. The fourth-order valence-electron chi connectivity index (χ4n) is 7.60. The van der Waals surface area contributed by atoms with E-state index >= 15 is 0 Å². The number of aromatic hydroxyl groups is 4. The van der Waals surface area contributed by atoms with Crippen LogP contribution in [-0.2, 0) is 20.2 Å². The molecule has 0 saturated carbocycles. The smallest absolute Gasteiger partial charge is 0.339 e. The van der Waals surface area contributed by atoms with E-state index in [1.807, 2.05) is 0 Å². The first kappa shape index (κ1) is 69.1. The number of nitrogens with zero attached hydrogens (tertiary/aromatic N) is 8. The normalized spacial score (nSPS) is 11.5. The molecular formula is C50H39N9Na4O18S2. The number of aromatic carboxylic acids is 2. The van der Waals surface area contributed by atoms with Gasteiger partial charge in [0.1, 0.15) is 89.5 Å². The Morgan fingerprint density at radius 1 is 0.422 bits per heavy atom. The monoisotopic (exact) mass is 1210 g/mol. The molecule has 0 aromatic heterocycles. The van der Waals surface area contributed by atoms with Gasteiger partial charge >= 0.3 is 11.9 Å². The topological polar surface area (TPSA) is 412 Å². The van der Waals surface area contributed by atoms with Crippen LogP contribution in [0.1, 0.15) is 20.7 Å². The summed E-state index contributed by atoms with van der Waals surface area (Å²) in [4.78, 5) is 21.2. The molecule has 83 heavy (non-hydrogen) atoms. The van der Waals surface area contributed by atoms with E-state index in [1.54, 1.807) is 0 Å². The van der Waals surface area contributed by atoms with Gasteiger partial charge in [-0.15, -0.1) is 30.7 Å². The molecule has 0 amide bonds. The third kappa shape index (κ3) is 15.7. The Hall–Kier alpha value is -6.36. The minimum atomic E-state index is -5.11. The second kappa shape index (κ2) is 29.0. The molecule has 8 aromatic carbocycles. The second-order valence-electron chi connectivity index (χ2n) is 16.3. The summed E-state index contributed by atoms with van der Waals surface area (Å²) in [5, 5.41) is 96.9. The molecule has 0 heterocycles. The average molecular weight is 1210 g/mol. The predicted octanol–water partition coefficient (Wildman–Crippen LogP) is 10.6. The molecule has 0 aliphatic rings. The van der Waals surface area contributed by atoms with Crippen LogP contribution in [0.5, 0.6) is 46.0 Å². The first-order valence-electron chi connectivity index (χ1n) is 22.1.